The summed E-state index contributed by atoms with van der Waals surface area (Å²) in [6.07, 6.45) is 2.60. The van der Waals surface area contributed by atoms with E-state index in [4.69, 9.17) is 4.74 Å². The molecule has 0 spiro atoms. The van der Waals surface area contributed by atoms with Crippen molar-refractivity contribution in [3.05, 3.63) is 65.9 Å². The first-order chi connectivity index (χ1) is 13.5. The number of carbonyl (C=O) groups excluding carboxylic acids is 2. The molecule has 28 heavy (non-hydrogen) atoms. The van der Waals surface area contributed by atoms with Crippen LogP contribution in [0.2, 0.25) is 0 Å². The minimum Gasteiger partial charge on any atom is -0.497 e. The van der Waals surface area contributed by atoms with Gasteiger partial charge in [-0.2, -0.15) is 0 Å². The molecule has 1 aliphatic heterocycles. The standard InChI is InChI=1S/C23H24N2O3/c1-14-12-19-22(21(27)13-14)23(16-8-10-17(28-3)11-9-16)25(15(2)26)20-7-5-4-6-18(20)24-19/h4-12,14,22-24H,13H2,1-3H3/t14-,22-,23+/m1/s1. The number of nitrogens with one attached hydrogen (secondary N) is 1. The third kappa shape index (κ3) is 3.07. The van der Waals surface area contributed by atoms with Crippen LogP contribution in [0.1, 0.15) is 31.9 Å². The van der Waals surface area contributed by atoms with Gasteiger partial charge in [-0.05, 0) is 35.7 Å². The highest BCUT2D eigenvalue weighted by atomic mass is 16.5. The zero-order valence-corrected chi connectivity index (χ0v) is 16.3. The SMILES string of the molecule is COc1ccc([C@H]2[C@H]3C(=O)C[C@H](C)C=C3Nc3ccccc3N2C(C)=O)cc1. The van der Waals surface area contributed by atoms with Gasteiger partial charge in [0.05, 0.1) is 30.4 Å². The van der Waals surface area contributed by atoms with Crippen molar-refractivity contribution >= 4 is 23.1 Å². The fourth-order valence-corrected chi connectivity index (χ4v) is 4.30. The van der Waals surface area contributed by atoms with Crippen LogP contribution in [0.15, 0.2) is 60.3 Å². The first kappa shape index (κ1) is 18.3. The quantitative estimate of drug-likeness (QED) is 0.848. The summed E-state index contributed by atoms with van der Waals surface area (Å²) in [5, 5.41) is 3.45. The van der Waals surface area contributed by atoms with Gasteiger partial charge >= 0.3 is 0 Å². The average Bonchev–Trinajstić information content (AvgIpc) is 2.82. The summed E-state index contributed by atoms with van der Waals surface area (Å²) in [5.74, 6) is 0.532. The monoisotopic (exact) mass is 376 g/mol. The van der Waals surface area contributed by atoms with E-state index in [1.807, 2.05) is 55.5 Å². The molecule has 0 fully saturated rings. The van der Waals surface area contributed by atoms with Gasteiger partial charge in [0.2, 0.25) is 5.91 Å². The van der Waals surface area contributed by atoms with Gasteiger partial charge in [-0.15, -0.1) is 0 Å². The zero-order chi connectivity index (χ0) is 19.8. The summed E-state index contributed by atoms with van der Waals surface area (Å²) in [4.78, 5) is 27.7. The molecule has 144 valence electrons. The molecule has 1 N–H and O–H groups in total. The number of para-hydroxylation sites is 2. The Bertz CT molecular complexity index is 949. The van der Waals surface area contributed by atoms with Crippen molar-refractivity contribution in [3.63, 3.8) is 0 Å². The third-order valence-corrected chi connectivity index (χ3v) is 5.50. The normalized spacial score (nSPS) is 23.7. The Morgan fingerprint density at radius 3 is 2.54 bits per heavy atom. The van der Waals surface area contributed by atoms with Crippen LogP contribution in [0, 0.1) is 11.8 Å². The smallest absolute Gasteiger partial charge is 0.224 e. The number of ketones is 1. The predicted octanol–water partition coefficient (Wildman–Crippen LogP) is 4.32. The second-order valence-electron chi connectivity index (χ2n) is 7.50. The van der Waals surface area contributed by atoms with E-state index in [0.717, 1.165) is 28.4 Å². The summed E-state index contributed by atoms with van der Waals surface area (Å²) >= 11 is 0. The van der Waals surface area contributed by atoms with Gasteiger partial charge in [0, 0.05) is 19.0 Å². The van der Waals surface area contributed by atoms with Gasteiger partial charge in [0.25, 0.3) is 0 Å². The van der Waals surface area contributed by atoms with E-state index in [1.54, 1.807) is 18.9 Å². The molecule has 1 amide bonds. The second kappa shape index (κ2) is 7.15. The van der Waals surface area contributed by atoms with E-state index in [1.165, 1.54) is 0 Å². The van der Waals surface area contributed by atoms with E-state index in [-0.39, 0.29) is 17.6 Å². The van der Waals surface area contributed by atoms with Crippen LogP contribution in [0.3, 0.4) is 0 Å². The number of ether oxygens (including phenoxy) is 1. The first-order valence-corrected chi connectivity index (χ1v) is 9.54. The Morgan fingerprint density at radius 1 is 1.14 bits per heavy atom. The summed E-state index contributed by atoms with van der Waals surface area (Å²) < 4.78 is 5.28. The number of benzene rings is 2. The summed E-state index contributed by atoms with van der Waals surface area (Å²) in [5.41, 5.74) is 3.41. The van der Waals surface area contributed by atoms with E-state index in [2.05, 4.69) is 11.4 Å². The van der Waals surface area contributed by atoms with Crippen molar-refractivity contribution < 1.29 is 14.3 Å². The lowest BCUT2D eigenvalue weighted by atomic mass is 9.78. The number of anilines is 2. The molecular weight excluding hydrogens is 352 g/mol. The number of rotatable bonds is 2. The van der Waals surface area contributed by atoms with Crippen LogP contribution in [0.5, 0.6) is 5.75 Å². The van der Waals surface area contributed by atoms with E-state index in [9.17, 15) is 9.59 Å². The highest BCUT2D eigenvalue weighted by Crippen LogP contribution is 2.46. The molecule has 1 aliphatic carbocycles. The van der Waals surface area contributed by atoms with Gasteiger partial charge in [-0.3, -0.25) is 9.59 Å². The predicted molar refractivity (Wildman–Crippen MR) is 109 cm³/mol. The molecule has 0 unspecified atom stereocenters. The number of allylic oxidation sites excluding steroid dienone is 1. The lowest BCUT2D eigenvalue weighted by Gasteiger charge is -2.36. The molecule has 2 aromatic rings. The number of amides is 1. The lowest BCUT2D eigenvalue weighted by molar-refractivity contribution is -0.124. The van der Waals surface area contributed by atoms with E-state index < -0.39 is 12.0 Å². The van der Waals surface area contributed by atoms with Crippen LogP contribution in [0.25, 0.3) is 0 Å². The Hall–Kier alpha value is -3.08. The third-order valence-electron chi connectivity index (χ3n) is 5.50. The van der Waals surface area contributed by atoms with Crippen molar-refractivity contribution in [2.75, 3.05) is 17.3 Å². The maximum absolute atomic E-state index is 13.2. The Kier molecular flexibility index (Phi) is 4.67. The molecule has 0 radical (unpaired) electrons. The second-order valence-corrected chi connectivity index (χ2v) is 7.50. The molecular formula is C23H24N2O3. The number of methoxy groups -OCH3 is 1. The van der Waals surface area contributed by atoms with Gasteiger partial charge in [-0.25, -0.2) is 0 Å². The fourth-order valence-electron chi connectivity index (χ4n) is 4.30. The number of hydrogen-bond donors (Lipinski definition) is 1. The number of carbonyl (C=O) groups is 2. The van der Waals surface area contributed by atoms with Crippen LogP contribution in [-0.2, 0) is 9.59 Å². The van der Waals surface area contributed by atoms with Crippen molar-refractivity contribution in [3.8, 4) is 5.75 Å². The lowest BCUT2D eigenvalue weighted by Crippen LogP contribution is -2.41. The molecule has 0 bridgehead atoms. The largest absolute Gasteiger partial charge is 0.497 e. The summed E-state index contributed by atoms with van der Waals surface area (Å²) in [7, 11) is 1.62. The number of Topliss-reactive ketones (excluding diaryl/α,β-unsaturated/α-hetero) is 1. The Labute approximate surface area is 165 Å². The molecule has 0 aromatic heterocycles. The minimum absolute atomic E-state index is 0.0947. The fraction of sp³-hybridized carbons (Fsp3) is 0.304. The molecule has 1 heterocycles. The highest BCUT2D eigenvalue weighted by Gasteiger charge is 2.43. The molecule has 0 saturated heterocycles. The maximum Gasteiger partial charge on any atom is 0.224 e. The highest BCUT2D eigenvalue weighted by molar-refractivity contribution is 6.00. The Balaban J connectivity index is 1.95. The van der Waals surface area contributed by atoms with E-state index >= 15 is 0 Å². The number of fused-ring (bicyclic) bond motifs is 2. The molecule has 3 atom stereocenters. The molecule has 4 rings (SSSR count). The van der Waals surface area contributed by atoms with Crippen molar-refractivity contribution in [2.24, 2.45) is 11.8 Å². The van der Waals surface area contributed by atoms with Crippen LogP contribution in [0.4, 0.5) is 11.4 Å². The van der Waals surface area contributed by atoms with Crippen LogP contribution in [-0.4, -0.2) is 18.8 Å². The minimum atomic E-state index is -0.430. The van der Waals surface area contributed by atoms with Crippen LogP contribution < -0.4 is 15.0 Å². The molecule has 5 heteroatoms. The van der Waals surface area contributed by atoms with Gasteiger partial charge in [0.1, 0.15) is 11.5 Å². The summed E-state index contributed by atoms with van der Waals surface area (Å²) in [6.45, 7) is 3.60. The topological polar surface area (TPSA) is 58.6 Å². The van der Waals surface area contributed by atoms with Crippen molar-refractivity contribution in [1.82, 2.24) is 0 Å². The average molecular weight is 376 g/mol. The summed E-state index contributed by atoms with van der Waals surface area (Å²) in [6, 6.07) is 14.9. The number of nitrogens with zero attached hydrogens (tertiary/aromatic N) is 1. The number of hydrogen-bond acceptors (Lipinski definition) is 4. The van der Waals surface area contributed by atoms with Gasteiger partial charge in [-0.1, -0.05) is 37.3 Å². The van der Waals surface area contributed by atoms with Gasteiger partial charge in [0.15, 0.2) is 0 Å². The van der Waals surface area contributed by atoms with Crippen molar-refractivity contribution in [1.29, 1.82) is 0 Å². The maximum atomic E-state index is 13.2. The van der Waals surface area contributed by atoms with Crippen LogP contribution >= 0.6 is 0 Å². The van der Waals surface area contributed by atoms with E-state index in [0.29, 0.717) is 6.42 Å². The Morgan fingerprint density at radius 2 is 1.86 bits per heavy atom. The zero-order valence-electron chi connectivity index (χ0n) is 16.3. The molecule has 5 nitrogen and oxygen atoms in total. The molecule has 0 saturated carbocycles. The van der Waals surface area contributed by atoms with Crippen molar-refractivity contribution in [2.45, 2.75) is 26.3 Å². The first-order valence-electron chi connectivity index (χ1n) is 9.54. The van der Waals surface area contributed by atoms with Gasteiger partial charge < -0.3 is 15.0 Å². The molecule has 2 aliphatic rings. The molecule has 2 aromatic carbocycles.